The Morgan fingerprint density at radius 2 is 1.83 bits per heavy atom. The second-order valence-electron chi connectivity index (χ2n) is 6.87. The molecular weight excluding hydrogens is 404 g/mol. The van der Waals surface area contributed by atoms with Crippen LogP contribution < -0.4 is 10.1 Å². The number of furan rings is 1. The Balaban J connectivity index is 1.74. The highest BCUT2D eigenvalue weighted by molar-refractivity contribution is 6.36. The van der Waals surface area contributed by atoms with E-state index in [4.69, 9.17) is 20.8 Å². The van der Waals surface area contributed by atoms with Gasteiger partial charge in [-0.05, 0) is 42.8 Å². The molecule has 0 atom stereocenters. The monoisotopic (exact) mass is 422 g/mol. The van der Waals surface area contributed by atoms with E-state index >= 15 is 0 Å². The Morgan fingerprint density at radius 3 is 2.47 bits per heavy atom. The Kier molecular flexibility index (Phi) is 5.33. The molecule has 0 bridgehead atoms. The summed E-state index contributed by atoms with van der Waals surface area (Å²) in [5, 5.41) is 3.48. The van der Waals surface area contributed by atoms with Crippen LogP contribution in [-0.4, -0.2) is 23.8 Å². The number of benzene rings is 2. The lowest BCUT2D eigenvalue weighted by molar-refractivity contribution is -0.137. The summed E-state index contributed by atoms with van der Waals surface area (Å²) >= 11 is 6.22. The van der Waals surface area contributed by atoms with Crippen molar-refractivity contribution in [3.05, 3.63) is 88.5 Å². The summed E-state index contributed by atoms with van der Waals surface area (Å²) in [6, 6.07) is 16.0. The van der Waals surface area contributed by atoms with Crippen molar-refractivity contribution in [1.29, 1.82) is 0 Å². The van der Waals surface area contributed by atoms with Crippen LogP contribution in [0.2, 0.25) is 5.02 Å². The van der Waals surface area contributed by atoms with Gasteiger partial charge in [-0.3, -0.25) is 14.5 Å². The standard InChI is InChI=1S/C23H19ClN2O4/c1-14-5-7-15(8-6-14)20-21(25-16-9-10-19(29-2)18(24)12-16)23(28)26(22(20)27)13-17-4-3-11-30-17/h3-12,25H,13H2,1-2H3. The van der Waals surface area contributed by atoms with Crippen LogP contribution in [0.25, 0.3) is 5.57 Å². The van der Waals surface area contributed by atoms with Crippen LogP contribution in [0.4, 0.5) is 5.69 Å². The number of anilines is 1. The smallest absolute Gasteiger partial charge is 0.278 e. The molecular formula is C23H19ClN2O4. The van der Waals surface area contributed by atoms with Gasteiger partial charge in [-0.25, -0.2) is 0 Å². The first-order valence-corrected chi connectivity index (χ1v) is 9.66. The number of aryl methyl sites for hydroxylation is 1. The van der Waals surface area contributed by atoms with Crippen molar-refractivity contribution in [3.63, 3.8) is 0 Å². The molecule has 7 heteroatoms. The Hall–Kier alpha value is -3.51. The molecule has 2 amide bonds. The van der Waals surface area contributed by atoms with E-state index in [1.807, 2.05) is 31.2 Å². The number of hydrogen-bond donors (Lipinski definition) is 1. The molecule has 1 aliphatic rings. The first-order valence-electron chi connectivity index (χ1n) is 9.28. The molecule has 1 aliphatic heterocycles. The number of imide groups is 1. The lowest BCUT2D eigenvalue weighted by Crippen LogP contribution is -2.31. The Bertz CT molecular complexity index is 1130. The molecule has 0 radical (unpaired) electrons. The average Bonchev–Trinajstić information content (AvgIpc) is 3.32. The molecule has 0 saturated carbocycles. The van der Waals surface area contributed by atoms with Crippen molar-refractivity contribution in [1.82, 2.24) is 4.90 Å². The first-order chi connectivity index (χ1) is 14.5. The number of hydrogen-bond acceptors (Lipinski definition) is 5. The van der Waals surface area contributed by atoms with Crippen LogP contribution in [0, 0.1) is 6.92 Å². The van der Waals surface area contributed by atoms with Crippen LogP contribution in [0.15, 0.2) is 71.0 Å². The quantitative estimate of drug-likeness (QED) is 0.586. The highest BCUT2D eigenvalue weighted by Gasteiger charge is 2.39. The number of ether oxygens (including phenoxy) is 1. The minimum absolute atomic E-state index is 0.0502. The predicted octanol–water partition coefficient (Wildman–Crippen LogP) is 4.64. The Labute approximate surface area is 178 Å². The first kappa shape index (κ1) is 19.8. The summed E-state index contributed by atoms with van der Waals surface area (Å²) in [6.45, 7) is 2.01. The summed E-state index contributed by atoms with van der Waals surface area (Å²) in [5.74, 6) is 0.221. The van der Waals surface area contributed by atoms with E-state index in [0.29, 0.717) is 33.4 Å². The number of nitrogens with zero attached hydrogens (tertiary/aromatic N) is 1. The average molecular weight is 423 g/mol. The number of rotatable bonds is 6. The summed E-state index contributed by atoms with van der Waals surface area (Å²) in [7, 11) is 1.53. The van der Waals surface area contributed by atoms with E-state index < -0.39 is 5.91 Å². The molecule has 152 valence electrons. The van der Waals surface area contributed by atoms with Crippen LogP contribution in [0.3, 0.4) is 0 Å². The fourth-order valence-corrected chi connectivity index (χ4v) is 3.53. The maximum Gasteiger partial charge on any atom is 0.278 e. The van der Waals surface area contributed by atoms with Gasteiger partial charge < -0.3 is 14.5 Å². The zero-order valence-electron chi connectivity index (χ0n) is 16.4. The molecule has 2 heterocycles. The third-order valence-electron chi connectivity index (χ3n) is 4.82. The third-order valence-corrected chi connectivity index (χ3v) is 5.12. The molecule has 6 nitrogen and oxygen atoms in total. The molecule has 0 fully saturated rings. The zero-order chi connectivity index (χ0) is 21.3. The largest absolute Gasteiger partial charge is 0.495 e. The van der Waals surface area contributed by atoms with E-state index in [1.165, 1.54) is 18.3 Å². The molecule has 4 rings (SSSR count). The Morgan fingerprint density at radius 1 is 1.07 bits per heavy atom. The van der Waals surface area contributed by atoms with Gasteiger partial charge >= 0.3 is 0 Å². The summed E-state index contributed by atoms with van der Waals surface area (Å²) < 4.78 is 10.5. The van der Waals surface area contributed by atoms with Gasteiger partial charge in [-0.15, -0.1) is 0 Å². The van der Waals surface area contributed by atoms with Gasteiger partial charge in [0.2, 0.25) is 0 Å². The third kappa shape index (κ3) is 3.69. The SMILES string of the molecule is COc1ccc(NC2=C(c3ccc(C)cc3)C(=O)N(Cc3ccco3)C2=O)cc1Cl. The van der Waals surface area contributed by atoms with Gasteiger partial charge in [-0.2, -0.15) is 0 Å². The summed E-state index contributed by atoms with van der Waals surface area (Å²) in [6.07, 6.45) is 1.51. The predicted molar refractivity (Wildman–Crippen MR) is 114 cm³/mol. The van der Waals surface area contributed by atoms with Gasteiger partial charge in [0.1, 0.15) is 17.2 Å². The van der Waals surface area contributed by atoms with Crippen molar-refractivity contribution in [2.45, 2.75) is 13.5 Å². The van der Waals surface area contributed by atoms with Gasteiger partial charge in [-0.1, -0.05) is 41.4 Å². The van der Waals surface area contributed by atoms with Crippen molar-refractivity contribution in [2.75, 3.05) is 12.4 Å². The highest BCUT2D eigenvalue weighted by atomic mass is 35.5. The van der Waals surface area contributed by atoms with Crippen molar-refractivity contribution in [2.24, 2.45) is 0 Å². The molecule has 0 unspecified atom stereocenters. The number of carbonyl (C=O) groups excluding carboxylic acids is 2. The normalized spacial score (nSPS) is 13.9. The van der Waals surface area contributed by atoms with E-state index in [0.717, 1.165) is 5.56 Å². The molecule has 0 spiro atoms. The highest BCUT2D eigenvalue weighted by Crippen LogP contribution is 2.33. The van der Waals surface area contributed by atoms with Gasteiger partial charge in [0, 0.05) is 5.69 Å². The van der Waals surface area contributed by atoms with Crippen molar-refractivity contribution >= 4 is 34.7 Å². The van der Waals surface area contributed by atoms with Crippen LogP contribution in [0.1, 0.15) is 16.9 Å². The van der Waals surface area contributed by atoms with Crippen molar-refractivity contribution < 1.29 is 18.7 Å². The van der Waals surface area contributed by atoms with Gasteiger partial charge in [0.15, 0.2) is 0 Å². The number of halogens is 1. The minimum Gasteiger partial charge on any atom is -0.495 e. The number of methoxy groups -OCH3 is 1. The number of nitrogens with one attached hydrogen (secondary N) is 1. The number of carbonyl (C=O) groups is 2. The van der Waals surface area contributed by atoms with Crippen LogP contribution >= 0.6 is 11.6 Å². The van der Waals surface area contributed by atoms with Crippen LogP contribution in [-0.2, 0) is 16.1 Å². The van der Waals surface area contributed by atoms with Gasteiger partial charge in [0.05, 0.1) is 30.5 Å². The van der Waals surface area contributed by atoms with Crippen molar-refractivity contribution in [3.8, 4) is 5.75 Å². The zero-order valence-corrected chi connectivity index (χ0v) is 17.2. The van der Waals surface area contributed by atoms with E-state index in [9.17, 15) is 9.59 Å². The second kappa shape index (κ2) is 8.08. The molecule has 3 aromatic rings. The molecule has 2 aromatic carbocycles. The fraction of sp³-hybridized carbons (Fsp3) is 0.130. The minimum atomic E-state index is -0.432. The summed E-state index contributed by atoms with van der Waals surface area (Å²) in [4.78, 5) is 27.6. The molecule has 0 aliphatic carbocycles. The second-order valence-corrected chi connectivity index (χ2v) is 7.27. The molecule has 1 N–H and O–H groups in total. The number of amides is 2. The van der Waals surface area contributed by atoms with E-state index in [2.05, 4.69) is 5.32 Å². The van der Waals surface area contributed by atoms with Gasteiger partial charge in [0.25, 0.3) is 11.8 Å². The topological polar surface area (TPSA) is 71.8 Å². The van der Waals surface area contributed by atoms with E-state index in [1.54, 1.807) is 30.3 Å². The van der Waals surface area contributed by atoms with Crippen LogP contribution in [0.5, 0.6) is 5.75 Å². The lowest BCUT2D eigenvalue weighted by Gasteiger charge is -2.14. The maximum atomic E-state index is 13.2. The van der Waals surface area contributed by atoms with E-state index in [-0.39, 0.29) is 18.1 Å². The summed E-state index contributed by atoms with van der Waals surface area (Å²) in [5.41, 5.74) is 2.78. The molecule has 0 saturated heterocycles. The lowest BCUT2D eigenvalue weighted by atomic mass is 10.0. The maximum absolute atomic E-state index is 13.2. The molecule has 1 aromatic heterocycles. The fourth-order valence-electron chi connectivity index (χ4n) is 3.27. The molecule has 30 heavy (non-hydrogen) atoms.